The summed E-state index contributed by atoms with van der Waals surface area (Å²) in [6, 6.07) is 18.6. The maximum Gasteiger partial charge on any atom is 0.354 e. The zero-order valence-electron chi connectivity index (χ0n) is 13.2. The number of esters is 1. The van der Waals surface area contributed by atoms with E-state index in [0.29, 0.717) is 5.71 Å². The number of aliphatic imine (C=N–C) groups is 1. The molecule has 0 aromatic heterocycles. The van der Waals surface area contributed by atoms with Gasteiger partial charge in [0, 0.05) is 11.1 Å². The first kappa shape index (κ1) is 17.1. The van der Waals surface area contributed by atoms with E-state index in [-0.39, 0.29) is 12.1 Å². The Bertz CT molecular complexity index is 723. The zero-order chi connectivity index (χ0) is 17.4. The van der Waals surface area contributed by atoms with Crippen LogP contribution in [0.2, 0.25) is 0 Å². The zero-order valence-corrected chi connectivity index (χ0v) is 13.2. The molecule has 0 unspecified atom stereocenters. The van der Waals surface area contributed by atoms with E-state index in [1.54, 1.807) is 0 Å². The predicted octanol–water partition coefficient (Wildman–Crippen LogP) is 3.06. The maximum atomic E-state index is 11.5. The topological polar surface area (TPSA) is 76.0 Å². The van der Waals surface area contributed by atoms with Crippen LogP contribution < -0.4 is 0 Å². The minimum atomic E-state index is -1.21. The summed E-state index contributed by atoms with van der Waals surface area (Å²) in [5.41, 5.74) is 1.89. The largest absolute Gasteiger partial charge is 0.477 e. The fraction of sp³-hybridized carbons (Fsp3) is 0.105. The first-order valence-electron chi connectivity index (χ1n) is 7.31. The van der Waals surface area contributed by atoms with Crippen molar-refractivity contribution in [3.8, 4) is 0 Å². The number of carboxylic acids is 1. The minimum Gasteiger partial charge on any atom is -0.477 e. The van der Waals surface area contributed by atoms with Crippen molar-refractivity contribution in [1.29, 1.82) is 0 Å². The van der Waals surface area contributed by atoms with Crippen LogP contribution in [0.25, 0.3) is 0 Å². The highest BCUT2D eigenvalue weighted by Crippen LogP contribution is 2.14. The van der Waals surface area contributed by atoms with E-state index < -0.39 is 11.9 Å². The average Bonchev–Trinajstić information content (AvgIpc) is 2.62. The third-order valence-electron chi connectivity index (χ3n) is 3.24. The Morgan fingerprint density at radius 1 is 1.00 bits per heavy atom. The fourth-order valence-electron chi connectivity index (χ4n) is 2.05. The number of benzene rings is 2. The molecule has 24 heavy (non-hydrogen) atoms. The highest BCUT2D eigenvalue weighted by atomic mass is 16.5. The Morgan fingerprint density at radius 2 is 1.50 bits per heavy atom. The number of methoxy groups -OCH3 is 1. The first-order chi connectivity index (χ1) is 11.6. The molecule has 0 bridgehead atoms. The SMILES string of the molecule is COC(=O)C/C=C(\N=C(c1ccccc1)c1ccccc1)C(=O)O. The third kappa shape index (κ3) is 4.64. The molecule has 0 fully saturated rings. The summed E-state index contributed by atoms with van der Waals surface area (Å²) >= 11 is 0. The maximum absolute atomic E-state index is 11.5. The molecule has 2 aromatic carbocycles. The van der Waals surface area contributed by atoms with Crippen molar-refractivity contribution >= 4 is 17.7 Å². The molecule has 0 saturated heterocycles. The molecule has 0 aliphatic carbocycles. The van der Waals surface area contributed by atoms with Gasteiger partial charge in [-0.1, -0.05) is 60.7 Å². The molecule has 0 radical (unpaired) electrons. The number of carbonyl (C=O) groups excluding carboxylic acids is 1. The molecule has 5 heteroatoms. The normalized spacial score (nSPS) is 10.8. The molecule has 0 spiro atoms. The van der Waals surface area contributed by atoms with Gasteiger partial charge in [0.05, 0.1) is 19.2 Å². The Hall–Kier alpha value is -3.21. The Labute approximate surface area is 139 Å². The average molecular weight is 323 g/mol. The van der Waals surface area contributed by atoms with Crippen LogP contribution >= 0.6 is 0 Å². The Morgan fingerprint density at radius 3 is 1.92 bits per heavy atom. The van der Waals surface area contributed by atoms with Gasteiger partial charge in [0.25, 0.3) is 0 Å². The molecule has 0 saturated carbocycles. The van der Waals surface area contributed by atoms with E-state index in [1.807, 2.05) is 60.7 Å². The molecule has 0 amide bonds. The van der Waals surface area contributed by atoms with Crippen molar-refractivity contribution in [2.75, 3.05) is 7.11 Å². The van der Waals surface area contributed by atoms with E-state index in [4.69, 9.17) is 0 Å². The van der Waals surface area contributed by atoms with Crippen molar-refractivity contribution in [2.45, 2.75) is 6.42 Å². The van der Waals surface area contributed by atoms with Crippen LogP contribution in [0.3, 0.4) is 0 Å². The van der Waals surface area contributed by atoms with Crippen LogP contribution in [0.15, 0.2) is 77.4 Å². The van der Waals surface area contributed by atoms with Crippen molar-refractivity contribution in [3.63, 3.8) is 0 Å². The number of nitrogens with zero attached hydrogens (tertiary/aromatic N) is 1. The summed E-state index contributed by atoms with van der Waals surface area (Å²) in [5.74, 6) is -1.73. The van der Waals surface area contributed by atoms with Gasteiger partial charge in [-0.2, -0.15) is 0 Å². The number of aliphatic carboxylic acids is 1. The van der Waals surface area contributed by atoms with E-state index in [2.05, 4.69) is 9.73 Å². The molecule has 0 aliphatic rings. The second-order valence-corrected chi connectivity index (χ2v) is 4.87. The quantitative estimate of drug-likeness (QED) is 0.503. The molecule has 2 rings (SSSR count). The second-order valence-electron chi connectivity index (χ2n) is 4.87. The van der Waals surface area contributed by atoms with E-state index in [9.17, 15) is 14.7 Å². The van der Waals surface area contributed by atoms with Crippen LogP contribution in [0.5, 0.6) is 0 Å². The van der Waals surface area contributed by atoms with Crippen LogP contribution in [0.1, 0.15) is 17.5 Å². The van der Waals surface area contributed by atoms with E-state index >= 15 is 0 Å². The second kappa shape index (κ2) is 8.43. The summed E-state index contributed by atoms with van der Waals surface area (Å²) in [7, 11) is 1.25. The molecule has 122 valence electrons. The molecular weight excluding hydrogens is 306 g/mol. The van der Waals surface area contributed by atoms with Gasteiger partial charge in [-0.3, -0.25) is 4.79 Å². The number of carboxylic acid groups (broad SMARTS) is 1. The lowest BCUT2D eigenvalue weighted by atomic mass is 10.0. The number of ether oxygens (including phenoxy) is 1. The van der Waals surface area contributed by atoms with Gasteiger partial charge in [-0.05, 0) is 6.08 Å². The Balaban J connectivity index is 2.50. The standard InChI is InChI=1S/C19H17NO4/c1-24-17(21)13-12-16(19(22)23)20-18(14-8-4-2-5-9-14)15-10-6-3-7-11-15/h2-12H,13H2,1H3,(H,22,23)/b16-12-. The molecular formula is C19H17NO4. The highest BCUT2D eigenvalue weighted by Gasteiger charge is 2.12. The highest BCUT2D eigenvalue weighted by molar-refractivity contribution is 6.14. The summed E-state index contributed by atoms with van der Waals surface area (Å²) in [6.45, 7) is 0. The van der Waals surface area contributed by atoms with Gasteiger partial charge >= 0.3 is 11.9 Å². The molecule has 0 atom stereocenters. The molecule has 1 N–H and O–H groups in total. The minimum absolute atomic E-state index is 0.154. The molecule has 2 aromatic rings. The summed E-state index contributed by atoms with van der Waals surface area (Å²) < 4.78 is 4.53. The van der Waals surface area contributed by atoms with Crippen LogP contribution in [-0.2, 0) is 14.3 Å². The number of hydrogen-bond donors (Lipinski definition) is 1. The summed E-state index contributed by atoms with van der Waals surface area (Å²) in [6.07, 6.45) is 1.10. The smallest absolute Gasteiger partial charge is 0.354 e. The first-order valence-corrected chi connectivity index (χ1v) is 7.31. The van der Waals surface area contributed by atoms with Crippen LogP contribution in [-0.4, -0.2) is 29.9 Å². The number of hydrogen-bond acceptors (Lipinski definition) is 4. The van der Waals surface area contributed by atoms with Gasteiger partial charge in [0.2, 0.25) is 0 Å². The summed E-state index contributed by atoms with van der Waals surface area (Å²) in [4.78, 5) is 27.0. The van der Waals surface area contributed by atoms with Gasteiger partial charge in [-0.25, -0.2) is 9.79 Å². The van der Waals surface area contributed by atoms with E-state index in [0.717, 1.165) is 11.1 Å². The molecule has 5 nitrogen and oxygen atoms in total. The van der Waals surface area contributed by atoms with Crippen molar-refractivity contribution < 1.29 is 19.4 Å². The summed E-state index contributed by atoms with van der Waals surface area (Å²) in [5, 5.41) is 9.37. The van der Waals surface area contributed by atoms with Gasteiger partial charge in [-0.15, -0.1) is 0 Å². The number of rotatable bonds is 6. The van der Waals surface area contributed by atoms with Crippen molar-refractivity contribution in [1.82, 2.24) is 0 Å². The molecule has 0 heterocycles. The van der Waals surface area contributed by atoms with Gasteiger partial charge in [0.1, 0.15) is 5.70 Å². The lowest BCUT2D eigenvalue weighted by Gasteiger charge is -2.08. The lowest BCUT2D eigenvalue weighted by molar-refractivity contribution is -0.139. The van der Waals surface area contributed by atoms with Gasteiger partial charge < -0.3 is 9.84 Å². The van der Waals surface area contributed by atoms with Crippen LogP contribution in [0, 0.1) is 0 Å². The predicted molar refractivity (Wildman–Crippen MR) is 90.9 cm³/mol. The fourth-order valence-corrected chi connectivity index (χ4v) is 2.05. The number of carbonyl (C=O) groups is 2. The Kier molecular flexibility index (Phi) is 6.02. The monoisotopic (exact) mass is 323 g/mol. The van der Waals surface area contributed by atoms with Gasteiger partial charge in [0.15, 0.2) is 0 Å². The van der Waals surface area contributed by atoms with E-state index in [1.165, 1.54) is 13.2 Å². The molecule has 0 aliphatic heterocycles. The lowest BCUT2D eigenvalue weighted by Crippen LogP contribution is -2.08. The van der Waals surface area contributed by atoms with Crippen molar-refractivity contribution in [3.05, 3.63) is 83.6 Å². The van der Waals surface area contributed by atoms with Crippen LogP contribution in [0.4, 0.5) is 0 Å². The third-order valence-corrected chi connectivity index (χ3v) is 3.24. The van der Waals surface area contributed by atoms with Crippen molar-refractivity contribution in [2.24, 2.45) is 4.99 Å².